The second kappa shape index (κ2) is 7.26. The maximum absolute atomic E-state index is 12.7. The van der Waals surface area contributed by atoms with Crippen LogP contribution >= 0.6 is 0 Å². The third kappa shape index (κ3) is 3.72. The fourth-order valence-corrected chi connectivity index (χ4v) is 3.73. The summed E-state index contributed by atoms with van der Waals surface area (Å²) >= 11 is 0. The molecule has 1 fully saturated rings. The highest BCUT2D eigenvalue weighted by Gasteiger charge is 2.18. The Labute approximate surface area is 157 Å². The van der Waals surface area contributed by atoms with Gasteiger partial charge in [-0.15, -0.1) is 0 Å². The van der Waals surface area contributed by atoms with Crippen molar-refractivity contribution in [3.05, 3.63) is 48.4 Å². The molecule has 0 atom stereocenters. The number of anilines is 1. The molecule has 0 spiro atoms. The van der Waals surface area contributed by atoms with Crippen molar-refractivity contribution in [1.82, 2.24) is 19.7 Å². The van der Waals surface area contributed by atoms with E-state index in [1.807, 2.05) is 42.1 Å². The van der Waals surface area contributed by atoms with Crippen LogP contribution < -0.4 is 10.6 Å². The first-order chi connectivity index (χ1) is 13.1. The summed E-state index contributed by atoms with van der Waals surface area (Å²) in [5.74, 6) is -0.237. The Morgan fingerprint density at radius 2 is 1.96 bits per heavy atom. The van der Waals surface area contributed by atoms with Gasteiger partial charge in [0, 0.05) is 36.4 Å². The molecule has 7 heteroatoms. The van der Waals surface area contributed by atoms with Crippen molar-refractivity contribution in [2.75, 3.05) is 5.32 Å². The normalized spacial score (nSPS) is 14.6. The van der Waals surface area contributed by atoms with E-state index in [0.29, 0.717) is 17.3 Å². The first-order valence-electron chi connectivity index (χ1n) is 9.27. The Balaban J connectivity index is 1.41. The summed E-state index contributed by atoms with van der Waals surface area (Å²) in [6.07, 6.45) is 9.52. The van der Waals surface area contributed by atoms with Gasteiger partial charge in [0.2, 0.25) is 5.91 Å². The summed E-state index contributed by atoms with van der Waals surface area (Å²) in [6.45, 7) is 0.153. The van der Waals surface area contributed by atoms with Crippen LogP contribution in [-0.2, 0) is 18.4 Å². The average Bonchev–Trinajstić information content (AvgIpc) is 3.37. The molecule has 3 aromatic rings. The lowest BCUT2D eigenvalue weighted by molar-refractivity contribution is -0.122. The van der Waals surface area contributed by atoms with Gasteiger partial charge in [-0.2, -0.15) is 5.10 Å². The smallest absolute Gasteiger partial charge is 0.257 e. The lowest BCUT2D eigenvalue weighted by Gasteiger charge is -2.11. The monoisotopic (exact) mass is 365 g/mol. The second-order valence-electron chi connectivity index (χ2n) is 7.10. The summed E-state index contributed by atoms with van der Waals surface area (Å²) in [5.41, 5.74) is 2.18. The minimum Gasteiger partial charge on any atom is -0.352 e. The van der Waals surface area contributed by atoms with Crippen LogP contribution in [-0.4, -0.2) is 32.2 Å². The van der Waals surface area contributed by atoms with Gasteiger partial charge in [-0.25, -0.2) is 0 Å². The Kier molecular flexibility index (Phi) is 4.66. The van der Waals surface area contributed by atoms with Gasteiger partial charge in [0.05, 0.1) is 17.4 Å². The number of para-hydroxylation sites is 1. The number of amides is 2. The van der Waals surface area contributed by atoms with Crippen LogP contribution in [0.25, 0.3) is 10.9 Å². The number of benzene rings is 1. The van der Waals surface area contributed by atoms with Crippen LogP contribution in [0, 0.1) is 0 Å². The SMILES string of the molecule is Cn1cc(C(=O)Nc2cnn(CC(=O)NC3CCCC3)c2)c2ccccc21. The molecule has 2 amide bonds. The van der Waals surface area contributed by atoms with Gasteiger partial charge < -0.3 is 15.2 Å². The first-order valence-corrected chi connectivity index (χ1v) is 9.27. The Morgan fingerprint density at radius 1 is 1.19 bits per heavy atom. The summed E-state index contributed by atoms with van der Waals surface area (Å²) < 4.78 is 3.48. The van der Waals surface area contributed by atoms with E-state index in [1.165, 1.54) is 12.8 Å². The molecule has 1 saturated carbocycles. The average molecular weight is 365 g/mol. The first kappa shape index (κ1) is 17.3. The van der Waals surface area contributed by atoms with Crippen molar-refractivity contribution in [2.24, 2.45) is 7.05 Å². The van der Waals surface area contributed by atoms with Gasteiger partial charge >= 0.3 is 0 Å². The molecule has 2 N–H and O–H groups in total. The zero-order valence-electron chi connectivity index (χ0n) is 15.3. The Bertz CT molecular complexity index is 981. The molecule has 7 nitrogen and oxygen atoms in total. The van der Waals surface area contributed by atoms with Gasteiger partial charge in [-0.1, -0.05) is 31.0 Å². The molecule has 4 rings (SSSR count). The topological polar surface area (TPSA) is 81.0 Å². The zero-order chi connectivity index (χ0) is 18.8. The number of rotatable bonds is 5. The largest absolute Gasteiger partial charge is 0.352 e. The van der Waals surface area contributed by atoms with E-state index in [1.54, 1.807) is 17.1 Å². The van der Waals surface area contributed by atoms with Crippen LogP contribution in [0.3, 0.4) is 0 Å². The highest BCUT2D eigenvalue weighted by Crippen LogP contribution is 2.21. The highest BCUT2D eigenvalue weighted by atomic mass is 16.2. The van der Waals surface area contributed by atoms with E-state index in [2.05, 4.69) is 15.7 Å². The fourth-order valence-electron chi connectivity index (χ4n) is 3.73. The summed E-state index contributed by atoms with van der Waals surface area (Å²) in [4.78, 5) is 24.8. The molecule has 1 aliphatic carbocycles. The second-order valence-corrected chi connectivity index (χ2v) is 7.10. The molecule has 2 aromatic heterocycles. The van der Waals surface area contributed by atoms with E-state index in [0.717, 1.165) is 23.7 Å². The number of carbonyl (C=O) groups excluding carboxylic acids is 2. The predicted octanol–water partition coefficient (Wildman–Crippen LogP) is 2.69. The van der Waals surface area contributed by atoms with Crippen LogP contribution in [0.4, 0.5) is 5.69 Å². The molecular weight excluding hydrogens is 342 g/mol. The number of hydrogen-bond donors (Lipinski definition) is 2. The molecular formula is C20H23N5O2. The van der Waals surface area contributed by atoms with Gasteiger partial charge in [-0.05, 0) is 18.9 Å². The highest BCUT2D eigenvalue weighted by molar-refractivity contribution is 6.12. The Morgan fingerprint density at radius 3 is 2.78 bits per heavy atom. The van der Waals surface area contributed by atoms with E-state index < -0.39 is 0 Å². The number of fused-ring (bicyclic) bond motifs is 1. The van der Waals surface area contributed by atoms with E-state index in [9.17, 15) is 9.59 Å². The molecule has 0 aliphatic heterocycles. The lowest BCUT2D eigenvalue weighted by Crippen LogP contribution is -2.35. The van der Waals surface area contributed by atoms with Gasteiger partial charge in [0.1, 0.15) is 6.54 Å². The van der Waals surface area contributed by atoms with Crippen molar-refractivity contribution in [3.8, 4) is 0 Å². The molecule has 140 valence electrons. The molecule has 2 heterocycles. The summed E-state index contributed by atoms with van der Waals surface area (Å²) in [5, 5.41) is 11.0. The van der Waals surface area contributed by atoms with E-state index in [-0.39, 0.29) is 18.4 Å². The minimum atomic E-state index is -0.193. The molecule has 1 aromatic carbocycles. The molecule has 1 aliphatic rings. The number of aryl methyl sites for hydroxylation is 1. The van der Waals surface area contributed by atoms with E-state index >= 15 is 0 Å². The van der Waals surface area contributed by atoms with Gasteiger partial charge in [0.25, 0.3) is 5.91 Å². The minimum absolute atomic E-state index is 0.0445. The lowest BCUT2D eigenvalue weighted by atomic mass is 10.1. The standard InChI is InChI=1S/C20H23N5O2/c1-24-12-17(16-8-4-5-9-18(16)24)20(27)23-15-10-21-25(11-15)13-19(26)22-14-6-2-3-7-14/h4-5,8-12,14H,2-3,6-7,13H2,1H3,(H,22,26)(H,23,27). The predicted molar refractivity (Wildman–Crippen MR) is 103 cm³/mol. The summed E-state index contributed by atoms with van der Waals surface area (Å²) in [6, 6.07) is 8.07. The molecule has 0 unspecified atom stereocenters. The summed E-state index contributed by atoms with van der Waals surface area (Å²) in [7, 11) is 1.92. The van der Waals surface area contributed by atoms with Crippen LogP contribution in [0.15, 0.2) is 42.9 Å². The number of aromatic nitrogens is 3. The molecule has 27 heavy (non-hydrogen) atoms. The number of nitrogens with one attached hydrogen (secondary N) is 2. The van der Waals surface area contributed by atoms with Crippen LogP contribution in [0.1, 0.15) is 36.0 Å². The Hall–Kier alpha value is -3.09. The van der Waals surface area contributed by atoms with Crippen molar-refractivity contribution < 1.29 is 9.59 Å². The van der Waals surface area contributed by atoms with Crippen molar-refractivity contribution >= 4 is 28.4 Å². The number of hydrogen-bond acceptors (Lipinski definition) is 3. The quantitative estimate of drug-likeness (QED) is 0.729. The van der Waals surface area contributed by atoms with E-state index in [4.69, 9.17) is 0 Å². The van der Waals surface area contributed by atoms with Crippen LogP contribution in [0.2, 0.25) is 0 Å². The van der Waals surface area contributed by atoms with Crippen LogP contribution in [0.5, 0.6) is 0 Å². The van der Waals surface area contributed by atoms with Gasteiger partial charge in [-0.3, -0.25) is 14.3 Å². The third-order valence-corrected chi connectivity index (χ3v) is 5.06. The number of nitrogens with zero attached hydrogens (tertiary/aromatic N) is 3. The molecule has 0 bridgehead atoms. The van der Waals surface area contributed by atoms with Crippen molar-refractivity contribution in [3.63, 3.8) is 0 Å². The third-order valence-electron chi connectivity index (χ3n) is 5.06. The molecule has 0 radical (unpaired) electrons. The fraction of sp³-hybridized carbons (Fsp3) is 0.350. The number of carbonyl (C=O) groups is 2. The zero-order valence-corrected chi connectivity index (χ0v) is 15.3. The van der Waals surface area contributed by atoms with Gasteiger partial charge in [0.15, 0.2) is 0 Å². The maximum atomic E-state index is 12.7. The van der Waals surface area contributed by atoms with Crippen molar-refractivity contribution in [2.45, 2.75) is 38.3 Å². The van der Waals surface area contributed by atoms with Crippen molar-refractivity contribution in [1.29, 1.82) is 0 Å². The molecule has 0 saturated heterocycles. The maximum Gasteiger partial charge on any atom is 0.257 e.